The lowest BCUT2D eigenvalue weighted by Gasteiger charge is -2.03. The van der Waals surface area contributed by atoms with E-state index in [0.29, 0.717) is 6.54 Å². The van der Waals surface area contributed by atoms with Crippen molar-refractivity contribution in [3.05, 3.63) is 12.0 Å². The van der Waals surface area contributed by atoms with E-state index in [2.05, 4.69) is 25.6 Å². The maximum absolute atomic E-state index is 12.0. The van der Waals surface area contributed by atoms with Crippen molar-refractivity contribution >= 4 is 26.0 Å². The first-order chi connectivity index (χ1) is 9.01. The van der Waals surface area contributed by atoms with Gasteiger partial charge < -0.3 is 4.57 Å². The molecule has 0 fully saturated rings. The second-order valence-corrected chi connectivity index (χ2v) is 6.92. The summed E-state index contributed by atoms with van der Waals surface area (Å²) in [4.78, 5) is 4.09. The Labute approximate surface area is 124 Å². The topological polar surface area (TPSA) is 64.0 Å². The number of hydrogen-bond donors (Lipinski definition) is 1. The Morgan fingerprint density at radius 2 is 2.00 bits per heavy atom. The predicted molar refractivity (Wildman–Crippen MR) is 80.1 cm³/mol. The van der Waals surface area contributed by atoms with Crippen molar-refractivity contribution in [3.63, 3.8) is 0 Å². The van der Waals surface area contributed by atoms with Crippen molar-refractivity contribution in [1.82, 2.24) is 14.3 Å². The monoisotopic (exact) mass is 351 g/mol. The molecule has 5 nitrogen and oxygen atoms in total. The molecular formula is C12H22BrN3O2S. The quantitative estimate of drug-likeness (QED) is 0.548. The SMILES string of the molecule is CCn1cc(S(=O)(=O)NCCCCCCBr)nc1C. The fourth-order valence-corrected chi connectivity index (χ4v) is 3.26. The molecule has 0 amide bonds. The summed E-state index contributed by atoms with van der Waals surface area (Å²) in [5, 5.41) is 1.12. The van der Waals surface area contributed by atoms with Crippen LogP contribution in [0.2, 0.25) is 0 Å². The minimum Gasteiger partial charge on any atom is -0.334 e. The second kappa shape index (κ2) is 8.01. The molecule has 0 spiro atoms. The van der Waals surface area contributed by atoms with Crippen LogP contribution in [0.25, 0.3) is 0 Å². The number of aromatic nitrogens is 2. The molecule has 1 N–H and O–H groups in total. The van der Waals surface area contributed by atoms with Crippen molar-refractivity contribution in [2.45, 2.75) is 51.1 Å². The number of hydrogen-bond acceptors (Lipinski definition) is 3. The number of halogens is 1. The lowest BCUT2D eigenvalue weighted by Crippen LogP contribution is -2.25. The Kier molecular flexibility index (Phi) is 7.02. The zero-order valence-electron chi connectivity index (χ0n) is 11.5. The molecule has 1 heterocycles. The summed E-state index contributed by atoms with van der Waals surface area (Å²) in [7, 11) is -3.46. The number of rotatable bonds is 9. The highest BCUT2D eigenvalue weighted by molar-refractivity contribution is 9.09. The normalized spacial score (nSPS) is 11.9. The predicted octanol–water partition coefficient (Wildman–Crippen LogP) is 2.45. The van der Waals surface area contributed by atoms with Gasteiger partial charge in [-0.15, -0.1) is 0 Å². The third-order valence-electron chi connectivity index (χ3n) is 2.92. The molecule has 0 atom stereocenters. The summed E-state index contributed by atoms with van der Waals surface area (Å²) in [6.07, 6.45) is 5.74. The molecule has 7 heteroatoms. The summed E-state index contributed by atoms with van der Waals surface area (Å²) >= 11 is 3.37. The largest absolute Gasteiger partial charge is 0.334 e. The Morgan fingerprint density at radius 1 is 1.32 bits per heavy atom. The van der Waals surface area contributed by atoms with Gasteiger partial charge in [-0.25, -0.2) is 18.1 Å². The molecule has 1 aromatic heterocycles. The van der Waals surface area contributed by atoms with Gasteiger partial charge in [0.1, 0.15) is 5.82 Å². The van der Waals surface area contributed by atoms with E-state index < -0.39 is 10.0 Å². The Balaban J connectivity index is 2.47. The first-order valence-corrected chi connectivity index (χ1v) is 9.21. The maximum atomic E-state index is 12.0. The smallest absolute Gasteiger partial charge is 0.259 e. The van der Waals surface area contributed by atoms with Crippen LogP contribution in [-0.4, -0.2) is 29.8 Å². The van der Waals surface area contributed by atoms with E-state index in [1.807, 2.05) is 18.4 Å². The zero-order chi connectivity index (χ0) is 14.3. The molecule has 0 aromatic carbocycles. The summed E-state index contributed by atoms with van der Waals surface area (Å²) in [6, 6.07) is 0. The summed E-state index contributed by atoms with van der Waals surface area (Å²) in [5.74, 6) is 0.722. The summed E-state index contributed by atoms with van der Waals surface area (Å²) in [6.45, 7) is 4.97. The van der Waals surface area contributed by atoms with E-state index in [-0.39, 0.29) is 5.03 Å². The van der Waals surface area contributed by atoms with Crippen LogP contribution < -0.4 is 4.72 Å². The van der Waals surface area contributed by atoms with Gasteiger partial charge in [0, 0.05) is 24.6 Å². The summed E-state index contributed by atoms with van der Waals surface area (Å²) in [5.41, 5.74) is 0. The van der Waals surface area contributed by atoms with Crippen LogP contribution in [0.15, 0.2) is 11.2 Å². The molecule has 0 aliphatic carbocycles. The van der Waals surface area contributed by atoms with E-state index in [1.54, 1.807) is 6.20 Å². The van der Waals surface area contributed by atoms with Gasteiger partial charge in [-0.1, -0.05) is 28.8 Å². The third kappa shape index (κ3) is 5.24. The highest BCUT2D eigenvalue weighted by atomic mass is 79.9. The first-order valence-electron chi connectivity index (χ1n) is 6.60. The lowest BCUT2D eigenvalue weighted by molar-refractivity contribution is 0.570. The molecule has 0 saturated carbocycles. The standard InChI is InChI=1S/C12H22BrN3O2S/c1-3-16-10-12(15-11(16)2)19(17,18)14-9-7-5-4-6-8-13/h10,14H,3-9H2,1-2H3. The molecule has 0 aliphatic rings. The second-order valence-electron chi connectivity index (χ2n) is 4.41. The van der Waals surface area contributed by atoms with E-state index in [9.17, 15) is 8.42 Å². The van der Waals surface area contributed by atoms with E-state index in [4.69, 9.17) is 0 Å². The first kappa shape index (κ1) is 16.7. The number of nitrogens with zero attached hydrogens (tertiary/aromatic N) is 2. The van der Waals surface area contributed by atoms with Gasteiger partial charge >= 0.3 is 0 Å². The molecule has 0 bridgehead atoms. The zero-order valence-corrected chi connectivity index (χ0v) is 13.9. The number of sulfonamides is 1. The minimum absolute atomic E-state index is 0.118. The van der Waals surface area contributed by atoms with Gasteiger partial charge in [-0.05, 0) is 26.7 Å². The summed E-state index contributed by atoms with van der Waals surface area (Å²) < 4.78 is 28.4. The van der Waals surface area contributed by atoms with Crippen LogP contribution in [0.3, 0.4) is 0 Å². The van der Waals surface area contributed by atoms with E-state index in [1.165, 1.54) is 0 Å². The van der Waals surface area contributed by atoms with Crippen LogP contribution in [0.4, 0.5) is 0 Å². The average Bonchev–Trinajstić information content (AvgIpc) is 2.76. The molecule has 19 heavy (non-hydrogen) atoms. The molecule has 0 radical (unpaired) electrons. The van der Waals surface area contributed by atoms with Crippen molar-refractivity contribution in [2.24, 2.45) is 0 Å². The van der Waals surface area contributed by atoms with Crippen LogP contribution in [0.1, 0.15) is 38.4 Å². The van der Waals surface area contributed by atoms with Gasteiger partial charge in [0.2, 0.25) is 0 Å². The Bertz CT molecular complexity index is 485. The number of unbranched alkanes of at least 4 members (excludes halogenated alkanes) is 3. The Morgan fingerprint density at radius 3 is 2.58 bits per heavy atom. The van der Waals surface area contributed by atoms with Gasteiger partial charge in [0.05, 0.1) is 0 Å². The van der Waals surface area contributed by atoms with Crippen molar-refractivity contribution in [2.75, 3.05) is 11.9 Å². The van der Waals surface area contributed by atoms with Crippen LogP contribution in [0, 0.1) is 6.92 Å². The highest BCUT2D eigenvalue weighted by Gasteiger charge is 2.17. The molecular weight excluding hydrogens is 330 g/mol. The van der Waals surface area contributed by atoms with Crippen LogP contribution in [0.5, 0.6) is 0 Å². The lowest BCUT2D eigenvalue weighted by atomic mass is 10.2. The Hall–Kier alpha value is -0.400. The minimum atomic E-state index is -3.46. The van der Waals surface area contributed by atoms with Crippen LogP contribution >= 0.6 is 15.9 Å². The number of imidazole rings is 1. The fraction of sp³-hybridized carbons (Fsp3) is 0.750. The molecule has 110 valence electrons. The average molecular weight is 352 g/mol. The molecule has 1 rings (SSSR count). The third-order valence-corrected chi connectivity index (χ3v) is 4.81. The fourth-order valence-electron chi connectivity index (χ4n) is 1.78. The molecule has 1 aromatic rings. The van der Waals surface area contributed by atoms with Gasteiger partial charge in [0.25, 0.3) is 10.0 Å². The maximum Gasteiger partial charge on any atom is 0.259 e. The molecule has 0 unspecified atom stereocenters. The highest BCUT2D eigenvalue weighted by Crippen LogP contribution is 2.09. The van der Waals surface area contributed by atoms with Crippen LogP contribution in [-0.2, 0) is 16.6 Å². The van der Waals surface area contributed by atoms with Crippen molar-refractivity contribution in [3.8, 4) is 0 Å². The van der Waals surface area contributed by atoms with Crippen molar-refractivity contribution in [1.29, 1.82) is 0 Å². The van der Waals surface area contributed by atoms with Gasteiger partial charge in [-0.2, -0.15) is 0 Å². The van der Waals surface area contributed by atoms with Crippen molar-refractivity contribution < 1.29 is 8.42 Å². The van der Waals surface area contributed by atoms with Gasteiger partial charge in [0.15, 0.2) is 5.03 Å². The van der Waals surface area contributed by atoms with Gasteiger partial charge in [-0.3, -0.25) is 0 Å². The van der Waals surface area contributed by atoms with E-state index in [0.717, 1.165) is 43.4 Å². The number of alkyl halides is 1. The number of nitrogens with one attached hydrogen (secondary N) is 1. The number of aryl methyl sites for hydroxylation is 2. The molecule has 0 aliphatic heterocycles. The van der Waals surface area contributed by atoms with E-state index >= 15 is 0 Å². The molecule has 0 saturated heterocycles.